The number of nitrogens with zero attached hydrogens (tertiary/aromatic N) is 2. The molecule has 0 saturated carbocycles. The Bertz CT molecular complexity index is 444. The summed E-state index contributed by atoms with van der Waals surface area (Å²) in [6.07, 6.45) is 5.58. The second-order valence-corrected chi connectivity index (χ2v) is 5.33. The topological polar surface area (TPSA) is 54.5 Å². The Labute approximate surface area is 120 Å². The van der Waals surface area contributed by atoms with Gasteiger partial charge in [0.25, 0.3) is 0 Å². The van der Waals surface area contributed by atoms with E-state index >= 15 is 0 Å². The second-order valence-electron chi connectivity index (χ2n) is 5.33. The molecule has 20 heavy (non-hydrogen) atoms. The number of carbonyl (C=O) groups excluding carboxylic acids is 1. The maximum atomic E-state index is 11.4. The normalized spacial score (nSPS) is 17.5. The fourth-order valence-electron chi connectivity index (χ4n) is 2.60. The van der Waals surface area contributed by atoms with Crippen molar-refractivity contribution < 1.29 is 9.53 Å². The van der Waals surface area contributed by atoms with Crippen molar-refractivity contribution in [2.75, 3.05) is 32.1 Å². The Morgan fingerprint density at radius 1 is 1.45 bits per heavy atom. The number of likely N-dealkylation sites (tertiary alicyclic amines) is 1. The van der Waals surface area contributed by atoms with Crippen molar-refractivity contribution in [1.29, 1.82) is 0 Å². The summed E-state index contributed by atoms with van der Waals surface area (Å²) in [4.78, 5) is 17.9. The largest absolute Gasteiger partial charge is 0.464 e. The molecule has 2 rings (SSSR count). The molecular weight excluding hydrogens is 254 g/mol. The molecule has 1 atom stereocenters. The Morgan fingerprint density at radius 2 is 2.20 bits per heavy atom. The fourth-order valence-corrected chi connectivity index (χ4v) is 2.60. The summed E-state index contributed by atoms with van der Waals surface area (Å²) in [7, 11) is 1.36. The number of hydrogen-bond acceptors (Lipinski definition) is 5. The van der Waals surface area contributed by atoms with Crippen molar-refractivity contribution in [3.8, 4) is 0 Å². The van der Waals surface area contributed by atoms with E-state index in [0.29, 0.717) is 11.7 Å². The Kier molecular flexibility index (Phi) is 5.35. The third kappa shape index (κ3) is 4.20. The van der Waals surface area contributed by atoms with Crippen molar-refractivity contribution >= 4 is 11.7 Å². The number of aromatic nitrogens is 1. The molecule has 0 aliphatic carbocycles. The molecule has 1 saturated heterocycles. The van der Waals surface area contributed by atoms with Crippen LogP contribution in [0.2, 0.25) is 0 Å². The number of hydrogen-bond donors (Lipinski definition) is 1. The number of methoxy groups -OCH3 is 1. The van der Waals surface area contributed by atoms with Gasteiger partial charge in [-0.3, -0.25) is 0 Å². The van der Waals surface area contributed by atoms with Gasteiger partial charge in [0.15, 0.2) is 0 Å². The third-order valence-electron chi connectivity index (χ3n) is 3.55. The van der Waals surface area contributed by atoms with Crippen LogP contribution in [0.4, 0.5) is 5.69 Å². The summed E-state index contributed by atoms with van der Waals surface area (Å²) < 4.78 is 4.68. The van der Waals surface area contributed by atoms with Crippen LogP contribution >= 0.6 is 0 Å². The van der Waals surface area contributed by atoms with Gasteiger partial charge in [-0.05, 0) is 45.0 Å². The lowest BCUT2D eigenvalue weighted by Gasteiger charge is -2.29. The minimum absolute atomic E-state index is 0.334. The molecule has 1 aliphatic heterocycles. The standard InChI is InChI=1S/C15H23N3O2/c1-12(11-18-8-4-3-5-9-18)17-13-6-7-16-14(10-13)15(19)20-2/h6-7,10,12H,3-5,8-9,11H2,1-2H3,(H,16,17). The highest BCUT2D eigenvalue weighted by molar-refractivity contribution is 5.88. The van der Waals surface area contributed by atoms with Gasteiger partial charge in [0.1, 0.15) is 5.69 Å². The lowest BCUT2D eigenvalue weighted by atomic mass is 10.1. The van der Waals surface area contributed by atoms with Crippen LogP contribution in [0.3, 0.4) is 0 Å². The van der Waals surface area contributed by atoms with Gasteiger partial charge in [0.05, 0.1) is 7.11 Å². The highest BCUT2D eigenvalue weighted by atomic mass is 16.5. The molecule has 0 aromatic carbocycles. The molecule has 1 fully saturated rings. The van der Waals surface area contributed by atoms with Crippen LogP contribution in [-0.2, 0) is 4.74 Å². The van der Waals surface area contributed by atoms with Crippen LogP contribution in [0.1, 0.15) is 36.7 Å². The zero-order valence-corrected chi connectivity index (χ0v) is 12.3. The maximum absolute atomic E-state index is 11.4. The van der Waals surface area contributed by atoms with E-state index in [1.165, 1.54) is 39.5 Å². The summed E-state index contributed by atoms with van der Waals surface area (Å²) in [5.74, 6) is -0.405. The summed E-state index contributed by atoms with van der Waals surface area (Å²) in [5.41, 5.74) is 1.24. The van der Waals surface area contributed by atoms with E-state index in [9.17, 15) is 4.79 Å². The molecule has 1 unspecified atom stereocenters. The molecular formula is C15H23N3O2. The quantitative estimate of drug-likeness (QED) is 0.836. The molecule has 0 amide bonds. The minimum atomic E-state index is -0.405. The zero-order chi connectivity index (χ0) is 14.4. The summed E-state index contributed by atoms with van der Waals surface area (Å²) in [6, 6.07) is 3.94. The maximum Gasteiger partial charge on any atom is 0.356 e. The molecule has 0 spiro atoms. The number of rotatable bonds is 5. The van der Waals surface area contributed by atoms with E-state index < -0.39 is 5.97 Å². The molecule has 1 aromatic heterocycles. The van der Waals surface area contributed by atoms with Crippen LogP contribution in [0.25, 0.3) is 0 Å². The van der Waals surface area contributed by atoms with Crippen molar-refractivity contribution in [2.24, 2.45) is 0 Å². The van der Waals surface area contributed by atoms with Crippen LogP contribution in [0, 0.1) is 0 Å². The predicted octanol–water partition coefficient (Wildman–Crippen LogP) is 2.15. The van der Waals surface area contributed by atoms with E-state index in [-0.39, 0.29) is 0 Å². The number of piperidine rings is 1. The highest BCUT2D eigenvalue weighted by Gasteiger charge is 2.14. The van der Waals surface area contributed by atoms with Crippen molar-refractivity contribution in [3.63, 3.8) is 0 Å². The Balaban J connectivity index is 1.89. The van der Waals surface area contributed by atoms with E-state index in [2.05, 4.69) is 26.9 Å². The molecule has 1 N–H and O–H groups in total. The Hall–Kier alpha value is -1.62. The van der Waals surface area contributed by atoms with E-state index in [4.69, 9.17) is 0 Å². The molecule has 2 heterocycles. The van der Waals surface area contributed by atoms with E-state index in [1.54, 1.807) is 12.3 Å². The number of nitrogens with one attached hydrogen (secondary N) is 1. The van der Waals surface area contributed by atoms with E-state index in [0.717, 1.165) is 12.2 Å². The molecule has 1 aromatic rings. The third-order valence-corrected chi connectivity index (χ3v) is 3.55. The van der Waals surface area contributed by atoms with Gasteiger partial charge in [0, 0.05) is 24.5 Å². The lowest BCUT2D eigenvalue weighted by Crippen LogP contribution is -2.38. The van der Waals surface area contributed by atoms with Gasteiger partial charge >= 0.3 is 5.97 Å². The fraction of sp³-hybridized carbons (Fsp3) is 0.600. The molecule has 1 aliphatic rings. The van der Waals surface area contributed by atoms with Gasteiger partial charge in [0.2, 0.25) is 0 Å². The predicted molar refractivity (Wildman–Crippen MR) is 79.0 cm³/mol. The SMILES string of the molecule is COC(=O)c1cc(NC(C)CN2CCCCC2)ccn1. The number of anilines is 1. The number of ether oxygens (including phenoxy) is 1. The average molecular weight is 277 g/mol. The van der Waals surface area contributed by atoms with Crippen molar-refractivity contribution in [1.82, 2.24) is 9.88 Å². The average Bonchev–Trinajstić information content (AvgIpc) is 2.47. The lowest BCUT2D eigenvalue weighted by molar-refractivity contribution is 0.0594. The summed E-state index contributed by atoms with van der Waals surface area (Å²) in [6.45, 7) is 5.56. The van der Waals surface area contributed by atoms with E-state index in [1.807, 2.05) is 6.07 Å². The van der Waals surface area contributed by atoms with Crippen LogP contribution in [-0.4, -0.2) is 48.6 Å². The van der Waals surface area contributed by atoms with Gasteiger partial charge in [-0.25, -0.2) is 9.78 Å². The molecule has 110 valence electrons. The molecule has 5 heteroatoms. The number of esters is 1. The molecule has 5 nitrogen and oxygen atoms in total. The molecule has 0 radical (unpaired) electrons. The van der Waals surface area contributed by atoms with Gasteiger partial charge in [-0.2, -0.15) is 0 Å². The number of pyridine rings is 1. The van der Waals surface area contributed by atoms with Gasteiger partial charge in [-0.15, -0.1) is 0 Å². The second kappa shape index (κ2) is 7.24. The highest BCUT2D eigenvalue weighted by Crippen LogP contribution is 2.13. The van der Waals surface area contributed by atoms with Crippen LogP contribution in [0.5, 0.6) is 0 Å². The zero-order valence-electron chi connectivity index (χ0n) is 12.3. The monoisotopic (exact) mass is 277 g/mol. The van der Waals surface area contributed by atoms with Gasteiger partial charge in [-0.1, -0.05) is 6.42 Å². The summed E-state index contributed by atoms with van der Waals surface area (Å²) >= 11 is 0. The number of carbonyl (C=O) groups is 1. The van der Waals surface area contributed by atoms with Crippen molar-refractivity contribution in [2.45, 2.75) is 32.2 Å². The van der Waals surface area contributed by atoms with Crippen LogP contribution in [0.15, 0.2) is 18.3 Å². The van der Waals surface area contributed by atoms with Gasteiger partial charge < -0.3 is 15.0 Å². The minimum Gasteiger partial charge on any atom is -0.464 e. The Morgan fingerprint density at radius 3 is 2.90 bits per heavy atom. The first-order chi connectivity index (χ1) is 9.69. The first-order valence-electron chi connectivity index (χ1n) is 7.22. The smallest absolute Gasteiger partial charge is 0.356 e. The summed E-state index contributed by atoms with van der Waals surface area (Å²) in [5, 5.41) is 3.42. The first kappa shape index (κ1) is 14.8. The molecule has 0 bridgehead atoms. The van der Waals surface area contributed by atoms with Crippen LogP contribution < -0.4 is 5.32 Å². The first-order valence-corrected chi connectivity index (χ1v) is 7.22. The van der Waals surface area contributed by atoms with Crippen molar-refractivity contribution in [3.05, 3.63) is 24.0 Å².